The van der Waals surface area contributed by atoms with E-state index in [9.17, 15) is 13.2 Å². The van der Waals surface area contributed by atoms with Gasteiger partial charge >= 0.3 is 6.18 Å². The number of halogens is 3. The molecule has 1 nitrogen and oxygen atoms in total. The van der Waals surface area contributed by atoms with Crippen LogP contribution in [-0.2, 0) is 12.7 Å². The van der Waals surface area contributed by atoms with Crippen molar-refractivity contribution < 1.29 is 13.2 Å². The predicted octanol–water partition coefficient (Wildman–Crippen LogP) is 3.83. The van der Waals surface area contributed by atoms with Crippen LogP contribution in [0.2, 0.25) is 0 Å². The fraction of sp³-hybridized carbons (Fsp3) is 0.143. The third-order valence-electron chi connectivity index (χ3n) is 2.74. The Morgan fingerprint density at radius 1 is 0.944 bits per heavy atom. The van der Waals surface area contributed by atoms with Gasteiger partial charge in [0.25, 0.3) is 0 Å². The standard InChI is InChI=1S/C14H12F3N/c15-14(16,17)12-6-3-5-10(8-12)13-7-2-1-4-11(13)9-18/h1-8H,9,18H2. The molecule has 0 atom stereocenters. The molecule has 2 N–H and O–H groups in total. The minimum Gasteiger partial charge on any atom is -0.326 e. The highest BCUT2D eigenvalue weighted by Crippen LogP contribution is 2.32. The number of benzene rings is 2. The van der Waals surface area contributed by atoms with Crippen LogP contribution >= 0.6 is 0 Å². The fourth-order valence-corrected chi connectivity index (χ4v) is 1.84. The van der Waals surface area contributed by atoms with E-state index in [0.717, 1.165) is 23.3 Å². The first-order valence-corrected chi connectivity index (χ1v) is 5.48. The predicted molar refractivity (Wildman–Crippen MR) is 64.8 cm³/mol. The maximum atomic E-state index is 12.6. The van der Waals surface area contributed by atoms with Gasteiger partial charge in [-0.3, -0.25) is 0 Å². The zero-order valence-corrected chi connectivity index (χ0v) is 9.54. The Hall–Kier alpha value is -1.81. The van der Waals surface area contributed by atoms with E-state index in [2.05, 4.69) is 0 Å². The summed E-state index contributed by atoms with van der Waals surface area (Å²) in [7, 11) is 0. The third-order valence-corrected chi connectivity index (χ3v) is 2.74. The maximum absolute atomic E-state index is 12.6. The number of alkyl halides is 3. The van der Waals surface area contributed by atoms with Crippen LogP contribution in [0.3, 0.4) is 0 Å². The van der Waals surface area contributed by atoms with Crippen molar-refractivity contribution in [3.8, 4) is 11.1 Å². The van der Waals surface area contributed by atoms with E-state index in [-0.39, 0.29) is 0 Å². The van der Waals surface area contributed by atoms with Gasteiger partial charge in [-0.05, 0) is 28.8 Å². The first kappa shape index (κ1) is 12.6. The van der Waals surface area contributed by atoms with Crippen molar-refractivity contribution in [2.75, 3.05) is 0 Å². The molecule has 0 saturated heterocycles. The Bertz CT molecular complexity index is 547. The molecule has 0 bridgehead atoms. The SMILES string of the molecule is NCc1ccccc1-c1cccc(C(F)(F)F)c1. The summed E-state index contributed by atoms with van der Waals surface area (Å²) in [5.74, 6) is 0. The van der Waals surface area contributed by atoms with Gasteiger partial charge < -0.3 is 5.73 Å². The van der Waals surface area contributed by atoms with Crippen LogP contribution in [-0.4, -0.2) is 0 Å². The average molecular weight is 251 g/mol. The van der Waals surface area contributed by atoms with Crippen molar-refractivity contribution in [1.82, 2.24) is 0 Å². The van der Waals surface area contributed by atoms with E-state index in [1.807, 2.05) is 12.1 Å². The number of nitrogens with two attached hydrogens (primary N) is 1. The monoisotopic (exact) mass is 251 g/mol. The topological polar surface area (TPSA) is 26.0 Å². The highest BCUT2D eigenvalue weighted by atomic mass is 19.4. The molecule has 0 saturated carbocycles. The zero-order valence-electron chi connectivity index (χ0n) is 9.54. The average Bonchev–Trinajstić information content (AvgIpc) is 2.38. The van der Waals surface area contributed by atoms with E-state index < -0.39 is 11.7 Å². The Morgan fingerprint density at radius 3 is 2.33 bits per heavy atom. The lowest BCUT2D eigenvalue weighted by atomic mass is 9.98. The first-order valence-electron chi connectivity index (χ1n) is 5.48. The largest absolute Gasteiger partial charge is 0.416 e. The molecule has 2 rings (SSSR count). The van der Waals surface area contributed by atoms with Gasteiger partial charge in [0.1, 0.15) is 0 Å². The fourth-order valence-electron chi connectivity index (χ4n) is 1.84. The minimum absolute atomic E-state index is 0.298. The highest BCUT2D eigenvalue weighted by molar-refractivity contribution is 5.68. The van der Waals surface area contributed by atoms with Gasteiger partial charge in [-0.1, -0.05) is 36.4 Å². The molecule has 0 fully saturated rings. The van der Waals surface area contributed by atoms with E-state index in [4.69, 9.17) is 5.73 Å². The van der Waals surface area contributed by atoms with Gasteiger partial charge in [-0.25, -0.2) is 0 Å². The first-order chi connectivity index (χ1) is 8.52. The second-order valence-electron chi connectivity index (χ2n) is 3.94. The minimum atomic E-state index is -4.33. The molecule has 0 unspecified atom stereocenters. The van der Waals surface area contributed by atoms with Crippen LogP contribution in [0.4, 0.5) is 13.2 Å². The molecular formula is C14H12F3N. The molecule has 2 aromatic carbocycles. The maximum Gasteiger partial charge on any atom is 0.416 e. The van der Waals surface area contributed by atoms with Crippen LogP contribution in [0, 0.1) is 0 Å². The molecule has 4 heteroatoms. The molecule has 0 amide bonds. The molecule has 94 valence electrons. The molecule has 0 radical (unpaired) electrons. The normalized spacial score (nSPS) is 11.6. The molecule has 0 spiro atoms. The van der Waals surface area contributed by atoms with Gasteiger partial charge in [0.15, 0.2) is 0 Å². The molecule has 0 aliphatic rings. The van der Waals surface area contributed by atoms with Crippen molar-refractivity contribution >= 4 is 0 Å². The summed E-state index contributed by atoms with van der Waals surface area (Å²) in [6.07, 6.45) is -4.33. The summed E-state index contributed by atoms with van der Waals surface area (Å²) in [4.78, 5) is 0. The van der Waals surface area contributed by atoms with E-state index in [1.54, 1.807) is 18.2 Å². The summed E-state index contributed by atoms with van der Waals surface area (Å²) >= 11 is 0. The van der Waals surface area contributed by atoms with Crippen molar-refractivity contribution in [2.45, 2.75) is 12.7 Å². The van der Waals surface area contributed by atoms with E-state index in [0.29, 0.717) is 12.1 Å². The van der Waals surface area contributed by atoms with E-state index >= 15 is 0 Å². The van der Waals surface area contributed by atoms with Gasteiger partial charge in [0, 0.05) is 6.54 Å². The quantitative estimate of drug-likeness (QED) is 0.862. The summed E-state index contributed by atoms with van der Waals surface area (Å²) in [6, 6.07) is 12.5. The Labute approximate surface area is 103 Å². The molecule has 0 heterocycles. The second-order valence-corrected chi connectivity index (χ2v) is 3.94. The molecular weight excluding hydrogens is 239 g/mol. The van der Waals surface area contributed by atoms with Gasteiger partial charge in [-0.15, -0.1) is 0 Å². The third kappa shape index (κ3) is 2.54. The van der Waals surface area contributed by atoms with Gasteiger partial charge in [-0.2, -0.15) is 13.2 Å². The highest BCUT2D eigenvalue weighted by Gasteiger charge is 2.30. The van der Waals surface area contributed by atoms with Crippen LogP contribution in [0.25, 0.3) is 11.1 Å². The molecule has 0 aliphatic carbocycles. The summed E-state index contributed by atoms with van der Waals surface area (Å²) in [6.45, 7) is 0.298. The van der Waals surface area contributed by atoms with Crippen LogP contribution in [0.15, 0.2) is 48.5 Å². The Balaban J connectivity index is 2.51. The molecule has 0 aromatic heterocycles. The molecule has 0 aliphatic heterocycles. The number of hydrogen-bond acceptors (Lipinski definition) is 1. The lowest BCUT2D eigenvalue weighted by Gasteiger charge is -2.11. The van der Waals surface area contributed by atoms with E-state index in [1.165, 1.54) is 6.07 Å². The van der Waals surface area contributed by atoms with Crippen LogP contribution in [0.5, 0.6) is 0 Å². The Kier molecular flexibility index (Phi) is 3.39. The zero-order chi connectivity index (χ0) is 13.2. The van der Waals surface area contributed by atoms with Gasteiger partial charge in [0.05, 0.1) is 5.56 Å². The lowest BCUT2D eigenvalue weighted by Crippen LogP contribution is -2.05. The second kappa shape index (κ2) is 4.82. The summed E-state index contributed by atoms with van der Waals surface area (Å²) < 4.78 is 37.9. The lowest BCUT2D eigenvalue weighted by molar-refractivity contribution is -0.137. The summed E-state index contributed by atoms with van der Waals surface area (Å²) in [5.41, 5.74) is 7.05. The molecule has 2 aromatic rings. The van der Waals surface area contributed by atoms with Crippen molar-refractivity contribution in [3.63, 3.8) is 0 Å². The van der Waals surface area contributed by atoms with Crippen molar-refractivity contribution in [2.24, 2.45) is 5.73 Å². The van der Waals surface area contributed by atoms with Crippen molar-refractivity contribution in [3.05, 3.63) is 59.7 Å². The Morgan fingerprint density at radius 2 is 1.67 bits per heavy atom. The molecule has 18 heavy (non-hydrogen) atoms. The smallest absolute Gasteiger partial charge is 0.326 e. The van der Waals surface area contributed by atoms with Crippen molar-refractivity contribution in [1.29, 1.82) is 0 Å². The van der Waals surface area contributed by atoms with Crippen LogP contribution < -0.4 is 5.73 Å². The van der Waals surface area contributed by atoms with Gasteiger partial charge in [0.2, 0.25) is 0 Å². The number of rotatable bonds is 2. The van der Waals surface area contributed by atoms with Crippen LogP contribution in [0.1, 0.15) is 11.1 Å². The number of hydrogen-bond donors (Lipinski definition) is 1. The summed E-state index contributed by atoms with van der Waals surface area (Å²) in [5, 5.41) is 0.